The van der Waals surface area contributed by atoms with Crippen molar-refractivity contribution in [2.75, 3.05) is 18.4 Å². The van der Waals surface area contributed by atoms with Gasteiger partial charge in [-0.05, 0) is 49.7 Å². The molecule has 0 atom stereocenters. The highest BCUT2D eigenvalue weighted by atomic mass is 16.1. The van der Waals surface area contributed by atoms with Crippen LogP contribution >= 0.6 is 0 Å². The standard InChI is InChI=1S/C17H20N4O/c22-17-14(11-18-9-12-4-5-12)16(19-10-13-6-7-13)20-15-3-1-2-8-21(15)17/h1-3,8,11-13,19H,4-7,9-10H2/b18-11+. The average Bonchev–Trinajstić information content (AvgIpc) is 3.42. The van der Waals surface area contributed by atoms with Gasteiger partial charge >= 0.3 is 0 Å². The van der Waals surface area contributed by atoms with E-state index < -0.39 is 0 Å². The van der Waals surface area contributed by atoms with E-state index in [1.165, 1.54) is 25.7 Å². The van der Waals surface area contributed by atoms with Gasteiger partial charge in [-0.1, -0.05) is 6.07 Å². The van der Waals surface area contributed by atoms with E-state index in [2.05, 4.69) is 15.3 Å². The maximum Gasteiger partial charge on any atom is 0.268 e. The van der Waals surface area contributed by atoms with Gasteiger partial charge in [0.2, 0.25) is 0 Å². The van der Waals surface area contributed by atoms with Crippen LogP contribution in [0.1, 0.15) is 31.2 Å². The molecular weight excluding hydrogens is 276 g/mol. The third kappa shape index (κ3) is 2.89. The van der Waals surface area contributed by atoms with E-state index in [9.17, 15) is 4.79 Å². The lowest BCUT2D eigenvalue weighted by Crippen LogP contribution is -2.23. The molecule has 0 spiro atoms. The third-order valence-electron chi connectivity index (χ3n) is 4.31. The van der Waals surface area contributed by atoms with Crippen LogP contribution in [0.4, 0.5) is 5.82 Å². The van der Waals surface area contributed by atoms with Crippen LogP contribution in [0.2, 0.25) is 0 Å². The van der Waals surface area contributed by atoms with Gasteiger partial charge in [-0.25, -0.2) is 4.98 Å². The highest BCUT2D eigenvalue weighted by Gasteiger charge is 2.22. The molecule has 0 saturated heterocycles. The number of rotatable bonds is 6. The summed E-state index contributed by atoms with van der Waals surface area (Å²) in [5.41, 5.74) is 1.19. The number of fused-ring (bicyclic) bond motifs is 1. The minimum atomic E-state index is -0.0524. The van der Waals surface area contributed by atoms with Crippen LogP contribution in [0.3, 0.4) is 0 Å². The molecule has 0 aliphatic heterocycles. The van der Waals surface area contributed by atoms with Crippen LogP contribution in [0, 0.1) is 11.8 Å². The Balaban J connectivity index is 1.70. The molecule has 22 heavy (non-hydrogen) atoms. The van der Waals surface area contributed by atoms with E-state index in [0.29, 0.717) is 17.0 Å². The van der Waals surface area contributed by atoms with E-state index in [0.717, 1.165) is 24.9 Å². The lowest BCUT2D eigenvalue weighted by Gasteiger charge is -2.09. The first-order valence-electron chi connectivity index (χ1n) is 8.06. The van der Waals surface area contributed by atoms with Gasteiger partial charge in [-0.2, -0.15) is 0 Å². The molecule has 4 rings (SSSR count). The van der Waals surface area contributed by atoms with Crippen molar-refractivity contribution in [1.29, 1.82) is 0 Å². The fourth-order valence-corrected chi connectivity index (χ4v) is 2.51. The van der Waals surface area contributed by atoms with Gasteiger partial charge in [-0.15, -0.1) is 0 Å². The Morgan fingerprint density at radius 2 is 2.09 bits per heavy atom. The fraction of sp³-hybridized carbons (Fsp3) is 0.471. The molecule has 2 aliphatic rings. The minimum Gasteiger partial charge on any atom is -0.369 e. The average molecular weight is 296 g/mol. The largest absolute Gasteiger partial charge is 0.369 e. The van der Waals surface area contributed by atoms with Crippen LogP contribution in [-0.4, -0.2) is 28.7 Å². The summed E-state index contributed by atoms with van der Waals surface area (Å²) < 4.78 is 1.58. The second-order valence-corrected chi connectivity index (χ2v) is 6.37. The molecule has 2 fully saturated rings. The molecule has 0 amide bonds. The molecule has 0 unspecified atom stereocenters. The molecule has 2 saturated carbocycles. The first kappa shape index (κ1) is 13.5. The predicted octanol–water partition coefficient (Wildman–Crippen LogP) is 2.35. The SMILES string of the molecule is O=c1c(/C=N/CC2CC2)c(NCC2CC2)nc2ccccn12. The Labute approximate surface area is 129 Å². The van der Waals surface area contributed by atoms with Crippen molar-refractivity contribution < 1.29 is 0 Å². The Kier molecular flexibility index (Phi) is 3.41. The summed E-state index contributed by atoms with van der Waals surface area (Å²) in [4.78, 5) is 21.8. The number of aliphatic imine (C=N–C) groups is 1. The summed E-state index contributed by atoms with van der Waals surface area (Å²) in [5.74, 6) is 2.12. The summed E-state index contributed by atoms with van der Waals surface area (Å²) >= 11 is 0. The Bertz CT molecular complexity index is 772. The molecule has 1 N–H and O–H groups in total. The quantitative estimate of drug-likeness (QED) is 0.832. The van der Waals surface area contributed by atoms with E-state index in [-0.39, 0.29) is 5.56 Å². The van der Waals surface area contributed by atoms with Crippen molar-refractivity contribution in [3.05, 3.63) is 40.3 Å². The maximum atomic E-state index is 12.7. The summed E-state index contributed by atoms with van der Waals surface area (Å²) in [7, 11) is 0. The molecule has 2 aliphatic carbocycles. The van der Waals surface area contributed by atoms with Crippen molar-refractivity contribution >= 4 is 17.7 Å². The molecule has 114 valence electrons. The van der Waals surface area contributed by atoms with Gasteiger partial charge < -0.3 is 5.32 Å². The lowest BCUT2D eigenvalue weighted by molar-refractivity contribution is 0.850. The van der Waals surface area contributed by atoms with Gasteiger partial charge in [0.15, 0.2) is 0 Å². The van der Waals surface area contributed by atoms with E-state index in [1.807, 2.05) is 18.2 Å². The van der Waals surface area contributed by atoms with Crippen molar-refractivity contribution in [2.45, 2.75) is 25.7 Å². The molecule has 5 heteroatoms. The maximum absolute atomic E-state index is 12.7. The van der Waals surface area contributed by atoms with Crippen molar-refractivity contribution in [3.8, 4) is 0 Å². The number of pyridine rings is 1. The van der Waals surface area contributed by atoms with Gasteiger partial charge in [0.05, 0.1) is 0 Å². The van der Waals surface area contributed by atoms with Crippen molar-refractivity contribution in [1.82, 2.24) is 9.38 Å². The fourth-order valence-electron chi connectivity index (χ4n) is 2.51. The van der Waals surface area contributed by atoms with Crippen molar-refractivity contribution in [2.24, 2.45) is 16.8 Å². The summed E-state index contributed by atoms with van der Waals surface area (Å²) in [6.45, 7) is 1.71. The monoisotopic (exact) mass is 296 g/mol. The van der Waals surface area contributed by atoms with Crippen molar-refractivity contribution in [3.63, 3.8) is 0 Å². The zero-order valence-electron chi connectivity index (χ0n) is 12.5. The molecular formula is C17H20N4O. The van der Waals surface area contributed by atoms with Crippen LogP contribution in [0.5, 0.6) is 0 Å². The topological polar surface area (TPSA) is 58.8 Å². The summed E-state index contributed by atoms with van der Waals surface area (Å²) in [5, 5.41) is 3.35. The number of hydrogen-bond donors (Lipinski definition) is 1. The van der Waals surface area contributed by atoms with Crippen LogP contribution < -0.4 is 10.9 Å². The van der Waals surface area contributed by atoms with E-state index >= 15 is 0 Å². The Morgan fingerprint density at radius 3 is 2.86 bits per heavy atom. The number of nitrogens with one attached hydrogen (secondary N) is 1. The molecule has 0 radical (unpaired) electrons. The number of anilines is 1. The smallest absolute Gasteiger partial charge is 0.268 e. The summed E-state index contributed by atoms with van der Waals surface area (Å²) in [6, 6.07) is 5.60. The molecule has 0 bridgehead atoms. The minimum absolute atomic E-state index is 0.0524. The second kappa shape index (κ2) is 5.55. The predicted molar refractivity (Wildman–Crippen MR) is 87.9 cm³/mol. The molecule has 2 aromatic rings. The van der Waals surface area contributed by atoms with Gasteiger partial charge in [0, 0.05) is 25.5 Å². The number of nitrogens with zero attached hydrogens (tertiary/aromatic N) is 3. The molecule has 5 nitrogen and oxygen atoms in total. The molecule has 0 aromatic carbocycles. The van der Waals surface area contributed by atoms with E-state index in [1.54, 1.807) is 16.8 Å². The van der Waals surface area contributed by atoms with Crippen LogP contribution in [-0.2, 0) is 0 Å². The van der Waals surface area contributed by atoms with Gasteiger partial charge in [-0.3, -0.25) is 14.2 Å². The zero-order chi connectivity index (χ0) is 14.9. The Morgan fingerprint density at radius 1 is 1.27 bits per heavy atom. The third-order valence-corrected chi connectivity index (χ3v) is 4.31. The molecule has 2 aromatic heterocycles. The first-order valence-corrected chi connectivity index (χ1v) is 8.06. The molecule has 2 heterocycles. The Hall–Kier alpha value is -2.17. The number of aromatic nitrogens is 2. The van der Waals surface area contributed by atoms with E-state index in [4.69, 9.17) is 0 Å². The van der Waals surface area contributed by atoms with Gasteiger partial charge in [0.1, 0.15) is 17.0 Å². The normalized spacial score (nSPS) is 18.2. The van der Waals surface area contributed by atoms with Crippen LogP contribution in [0.15, 0.2) is 34.2 Å². The highest BCUT2D eigenvalue weighted by Crippen LogP contribution is 2.29. The first-order chi connectivity index (χ1) is 10.8. The zero-order valence-corrected chi connectivity index (χ0v) is 12.5. The number of hydrogen-bond acceptors (Lipinski definition) is 4. The van der Waals surface area contributed by atoms with Gasteiger partial charge in [0.25, 0.3) is 5.56 Å². The second-order valence-electron chi connectivity index (χ2n) is 6.37. The van der Waals surface area contributed by atoms with Crippen LogP contribution in [0.25, 0.3) is 5.65 Å². The summed E-state index contributed by atoms with van der Waals surface area (Å²) in [6.07, 6.45) is 8.53. The lowest BCUT2D eigenvalue weighted by atomic mass is 10.3. The highest BCUT2D eigenvalue weighted by molar-refractivity contribution is 5.86.